The number of amides is 4. The molecule has 0 spiro atoms. The summed E-state index contributed by atoms with van der Waals surface area (Å²) in [6.07, 6.45) is 1.37. The van der Waals surface area contributed by atoms with Crippen LogP contribution in [0.2, 0.25) is 0 Å². The van der Waals surface area contributed by atoms with Crippen molar-refractivity contribution in [1.82, 2.24) is 10.2 Å². The van der Waals surface area contributed by atoms with Crippen molar-refractivity contribution in [2.24, 2.45) is 0 Å². The van der Waals surface area contributed by atoms with Crippen LogP contribution < -0.4 is 15.4 Å². The first kappa shape index (κ1) is 21.4. The topological polar surface area (TPSA) is 125 Å². The fourth-order valence-electron chi connectivity index (χ4n) is 3.31. The van der Waals surface area contributed by atoms with Gasteiger partial charge in [0.05, 0.1) is 24.4 Å². The number of nitrogens with zero attached hydrogens (tertiary/aromatic N) is 2. The Morgan fingerprint density at radius 3 is 2.70 bits per heavy atom. The molecule has 2 N–H and O–H groups in total. The van der Waals surface area contributed by atoms with Crippen LogP contribution in [0.5, 0.6) is 5.75 Å². The molecule has 0 atom stereocenters. The van der Waals surface area contributed by atoms with Gasteiger partial charge in [-0.3, -0.25) is 9.59 Å². The van der Waals surface area contributed by atoms with Crippen LogP contribution >= 0.6 is 0 Å². The van der Waals surface area contributed by atoms with Crippen LogP contribution in [-0.2, 0) is 9.59 Å². The number of para-hydroxylation sites is 2. The minimum atomic E-state index is -0.719. The predicted octanol–water partition coefficient (Wildman–Crippen LogP) is 3.36. The standard InChI is InChI=1S/C24H18N4O5/c1-32-21-9-5-4-8-18(21)26-22(29)14-28-23(30)19(27-24(28)31)12-16-10-11-20(33-16)17-7-3-2-6-15(17)13-25/h2-12H,14H2,1H3,(H,26,29)(H,27,31)/b19-12+. The summed E-state index contributed by atoms with van der Waals surface area (Å²) in [6.45, 7) is -0.473. The van der Waals surface area contributed by atoms with Crippen molar-refractivity contribution in [2.45, 2.75) is 0 Å². The monoisotopic (exact) mass is 442 g/mol. The Bertz CT molecular complexity index is 1320. The quantitative estimate of drug-likeness (QED) is 0.446. The van der Waals surface area contributed by atoms with E-state index in [0.29, 0.717) is 34.1 Å². The zero-order valence-electron chi connectivity index (χ0n) is 17.5. The molecular formula is C24H18N4O5. The van der Waals surface area contributed by atoms with Gasteiger partial charge in [0, 0.05) is 11.6 Å². The van der Waals surface area contributed by atoms with Crippen molar-refractivity contribution in [3.63, 3.8) is 0 Å². The Labute approximate surface area is 188 Å². The Morgan fingerprint density at radius 2 is 1.91 bits per heavy atom. The van der Waals surface area contributed by atoms with E-state index in [-0.39, 0.29) is 5.70 Å². The average molecular weight is 442 g/mol. The second-order valence-corrected chi connectivity index (χ2v) is 6.99. The van der Waals surface area contributed by atoms with Crippen LogP contribution in [0.25, 0.3) is 17.4 Å². The third kappa shape index (κ3) is 4.45. The van der Waals surface area contributed by atoms with Crippen LogP contribution in [-0.4, -0.2) is 36.4 Å². The lowest BCUT2D eigenvalue weighted by molar-refractivity contribution is -0.127. The number of carbonyl (C=O) groups is 3. The largest absolute Gasteiger partial charge is 0.495 e. The maximum Gasteiger partial charge on any atom is 0.329 e. The first-order chi connectivity index (χ1) is 16.0. The highest BCUT2D eigenvalue weighted by Gasteiger charge is 2.35. The van der Waals surface area contributed by atoms with Gasteiger partial charge in [-0.1, -0.05) is 24.3 Å². The van der Waals surface area contributed by atoms with Gasteiger partial charge in [0.15, 0.2) is 0 Å². The number of hydrogen-bond donors (Lipinski definition) is 2. The lowest BCUT2D eigenvalue weighted by Crippen LogP contribution is -2.38. The Hall–Kier alpha value is -4.84. The van der Waals surface area contributed by atoms with Gasteiger partial charge < -0.3 is 19.8 Å². The highest BCUT2D eigenvalue weighted by atomic mass is 16.5. The molecule has 33 heavy (non-hydrogen) atoms. The average Bonchev–Trinajstić information content (AvgIpc) is 3.39. The van der Waals surface area contributed by atoms with Gasteiger partial charge in [0.1, 0.15) is 29.5 Å². The van der Waals surface area contributed by atoms with Crippen LogP contribution in [0.3, 0.4) is 0 Å². The summed E-state index contributed by atoms with van der Waals surface area (Å²) in [7, 11) is 1.47. The van der Waals surface area contributed by atoms with E-state index in [9.17, 15) is 19.6 Å². The third-order valence-electron chi connectivity index (χ3n) is 4.87. The number of hydrogen-bond acceptors (Lipinski definition) is 6. The van der Waals surface area contributed by atoms with E-state index in [0.717, 1.165) is 4.90 Å². The number of benzene rings is 2. The second-order valence-electron chi connectivity index (χ2n) is 6.99. The SMILES string of the molecule is COc1ccccc1NC(=O)CN1C(=O)N/C(=C/c2ccc(-c3ccccc3C#N)o2)C1=O. The van der Waals surface area contributed by atoms with Crippen LogP contribution in [0.15, 0.2) is 70.8 Å². The molecule has 4 rings (SSSR count). The van der Waals surface area contributed by atoms with Crippen LogP contribution in [0.1, 0.15) is 11.3 Å². The maximum atomic E-state index is 12.7. The van der Waals surface area contributed by atoms with E-state index in [2.05, 4.69) is 16.7 Å². The minimum Gasteiger partial charge on any atom is -0.495 e. The highest BCUT2D eigenvalue weighted by molar-refractivity contribution is 6.15. The van der Waals surface area contributed by atoms with Gasteiger partial charge in [-0.15, -0.1) is 0 Å². The molecule has 9 heteroatoms. The molecule has 1 fully saturated rings. The molecule has 0 aliphatic carbocycles. The molecule has 1 aliphatic rings. The van der Waals surface area contributed by atoms with Crippen molar-refractivity contribution < 1.29 is 23.5 Å². The minimum absolute atomic E-state index is 0.0282. The molecule has 3 aromatic rings. The van der Waals surface area contributed by atoms with Gasteiger partial charge in [-0.05, 0) is 36.4 Å². The number of methoxy groups -OCH3 is 1. The van der Waals surface area contributed by atoms with Crippen LogP contribution in [0, 0.1) is 11.3 Å². The summed E-state index contributed by atoms with van der Waals surface area (Å²) in [6, 6.07) is 18.4. The molecule has 2 aromatic carbocycles. The maximum absolute atomic E-state index is 12.7. The van der Waals surface area contributed by atoms with E-state index in [1.807, 2.05) is 0 Å². The summed E-state index contributed by atoms with van der Waals surface area (Å²) in [5.74, 6) is -0.0102. The van der Waals surface area contributed by atoms with E-state index in [4.69, 9.17) is 9.15 Å². The Morgan fingerprint density at radius 1 is 1.15 bits per heavy atom. The summed E-state index contributed by atoms with van der Waals surface area (Å²) in [5.41, 5.74) is 1.46. The second kappa shape index (κ2) is 9.11. The molecule has 0 unspecified atom stereocenters. The fourth-order valence-corrected chi connectivity index (χ4v) is 3.31. The summed E-state index contributed by atoms with van der Waals surface area (Å²) >= 11 is 0. The molecule has 0 radical (unpaired) electrons. The lowest BCUT2D eigenvalue weighted by Gasteiger charge is -2.13. The van der Waals surface area contributed by atoms with Gasteiger partial charge >= 0.3 is 6.03 Å². The van der Waals surface area contributed by atoms with Crippen molar-refractivity contribution in [1.29, 1.82) is 5.26 Å². The lowest BCUT2D eigenvalue weighted by atomic mass is 10.1. The molecule has 1 aliphatic heterocycles. The summed E-state index contributed by atoms with van der Waals surface area (Å²) in [5, 5.41) is 14.3. The summed E-state index contributed by atoms with van der Waals surface area (Å²) in [4.78, 5) is 38.2. The van der Waals surface area contributed by atoms with Crippen molar-refractivity contribution in [3.8, 4) is 23.1 Å². The Balaban J connectivity index is 1.48. The number of imide groups is 1. The van der Waals surface area contributed by atoms with E-state index in [1.54, 1.807) is 60.7 Å². The molecular weight excluding hydrogens is 424 g/mol. The fraction of sp³-hybridized carbons (Fsp3) is 0.0833. The van der Waals surface area contributed by atoms with Crippen molar-refractivity contribution in [2.75, 3.05) is 19.0 Å². The smallest absolute Gasteiger partial charge is 0.329 e. The van der Waals surface area contributed by atoms with Gasteiger partial charge in [-0.2, -0.15) is 5.26 Å². The molecule has 0 bridgehead atoms. The Kier molecular flexibility index (Phi) is 5.91. The van der Waals surface area contributed by atoms with E-state index >= 15 is 0 Å². The van der Waals surface area contributed by atoms with Gasteiger partial charge in [-0.25, -0.2) is 9.69 Å². The van der Waals surface area contributed by atoms with Crippen molar-refractivity contribution >= 4 is 29.6 Å². The number of nitriles is 1. The first-order valence-corrected chi connectivity index (χ1v) is 9.87. The van der Waals surface area contributed by atoms with E-state index in [1.165, 1.54) is 13.2 Å². The third-order valence-corrected chi connectivity index (χ3v) is 4.87. The molecule has 1 aromatic heterocycles. The number of ether oxygens (including phenoxy) is 1. The molecule has 4 amide bonds. The summed E-state index contributed by atoms with van der Waals surface area (Å²) < 4.78 is 10.9. The van der Waals surface area contributed by atoms with Gasteiger partial charge in [0.25, 0.3) is 5.91 Å². The van der Waals surface area contributed by atoms with Crippen LogP contribution in [0.4, 0.5) is 10.5 Å². The molecule has 2 heterocycles. The zero-order valence-corrected chi connectivity index (χ0v) is 17.5. The normalized spacial score (nSPS) is 14.2. The number of urea groups is 1. The number of rotatable bonds is 6. The first-order valence-electron chi connectivity index (χ1n) is 9.87. The van der Waals surface area contributed by atoms with E-state index < -0.39 is 24.4 Å². The molecule has 164 valence electrons. The number of anilines is 1. The molecule has 1 saturated heterocycles. The number of furan rings is 1. The number of nitrogens with one attached hydrogen (secondary N) is 2. The molecule has 9 nitrogen and oxygen atoms in total. The molecule has 0 saturated carbocycles. The highest BCUT2D eigenvalue weighted by Crippen LogP contribution is 2.27. The van der Waals surface area contributed by atoms with Crippen molar-refractivity contribution in [3.05, 3.63) is 77.7 Å². The number of carbonyl (C=O) groups excluding carboxylic acids is 3. The predicted molar refractivity (Wildman–Crippen MR) is 119 cm³/mol. The zero-order chi connectivity index (χ0) is 23.4. The van der Waals surface area contributed by atoms with Gasteiger partial charge in [0.2, 0.25) is 5.91 Å².